The third-order valence-corrected chi connectivity index (χ3v) is 5.28. The average molecular weight is 407 g/mol. The van der Waals surface area contributed by atoms with Crippen LogP contribution in [0.5, 0.6) is 0 Å². The third-order valence-electron chi connectivity index (χ3n) is 3.91. The van der Waals surface area contributed by atoms with Crippen LogP contribution in [0.4, 0.5) is 0 Å². The number of nitrogens with one attached hydrogen (secondary N) is 1. The number of imidazole rings is 1. The highest BCUT2D eigenvalue weighted by atomic mass is 35.5. The van der Waals surface area contributed by atoms with Crippen molar-refractivity contribution in [3.8, 4) is 22.4 Å². The van der Waals surface area contributed by atoms with Crippen molar-refractivity contribution in [3.05, 3.63) is 74.7 Å². The number of rotatable bonds is 2. The number of H-pyrrole nitrogens is 1. The van der Waals surface area contributed by atoms with Crippen molar-refractivity contribution in [2.45, 2.75) is 0 Å². The largest absolute Gasteiger partial charge is 0.339 e. The van der Waals surface area contributed by atoms with E-state index < -0.39 is 0 Å². The van der Waals surface area contributed by atoms with Crippen LogP contribution in [0.2, 0.25) is 15.1 Å². The van der Waals surface area contributed by atoms with Gasteiger partial charge in [0.05, 0.1) is 15.7 Å². The number of nitrogens with zero attached hydrogens (tertiary/aromatic N) is 2. The van der Waals surface area contributed by atoms with Crippen LogP contribution < -0.4 is 0 Å². The molecule has 2 aromatic carbocycles. The lowest BCUT2D eigenvalue weighted by molar-refractivity contribution is 1.06. The van der Waals surface area contributed by atoms with Crippen molar-refractivity contribution < 1.29 is 0 Å². The summed E-state index contributed by atoms with van der Waals surface area (Å²) in [7, 11) is 0. The lowest BCUT2D eigenvalue weighted by Crippen LogP contribution is -1.93. The number of benzene rings is 2. The van der Waals surface area contributed by atoms with Gasteiger partial charge < -0.3 is 4.98 Å². The Labute approximate surface area is 163 Å². The minimum absolute atomic E-state index is 0.452. The second-order valence-electron chi connectivity index (χ2n) is 5.45. The molecule has 2 heterocycles. The molecule has 0 aliphatic rings. The van der Waals surface area contributed by atoms with Crippen LogP contribution in [0, 0.1) is 4.77 Å². The zero-order chi connectivity index (χ0) is 17.6. The van der Waals surface area contributed by atoms with E-state index in [0.717, 1.165) is 28.0 Å². The molecule has 4 rings (SSSR count). The summed E-state index contributed by atoms with van der Waals surface area (Å²) in [6, 6.07) is 13.1. The highest BCUT2D eigenvalue weighted by molar-refractivity contribution is 7.71. The van der Waals surface area contributed by atoms with Crippen molar-refractivity contribution in [2.75, 3.05) is 0 Å². The van der Waals surface area contributed by atoms with E-state index >= 15 is 0 Å². The number of aromatic nitrogens is 3. The molecule has 0 saturated carbocycles. The van der Waals surface area contributed by atoms with E-state index in [1.54, 1.807) is 18.3 Å². The van der Waals surface area contributed by atoms with E-state index in [-0.39, 0.29) is 0 Å². The number of hydrogen-bond acceptors (Lipinski definition) is 2. The first-order valence-corrected chi connectivity index (χ1v) is 8.89. The average Bonchev–Trinajstić information content (AvgIpc) is 3.05. The predicted octanol–water partition coefficient (Wildman–Crippen LogP) is 6.69. The molecule has 7 heteroatoms. The molecule has 2 aromatic heterocycles. The number of hydrogen-bond donors (Lipinski definition) is 1. The first-order chi connectivity index (χ1) is 12.0. The Morgan fingerprint density at radius 1 is 0.920 bits per heavy atom. The monoisotopic (exact) mass is 405 g/mol. The van der Waals surface area contributed by atoms with Gasteiger partial charge >= 0.3 is 0 Å². The van der Waals surface area contributed by atoms with E-state index in [9.17, 15) is 0 Å². The van der Waals surface area contributed by atoms with Crippen LogP contribution in [0.15, 0.2) is 54.9 Å². The first kappa shape index (κ1) is 16.6. The fourth-order valence-corrected chi connectivity index (χ4v) is 3.42. The number of fused-ring (bicyclic) bond motifs is 1. The van der Waals surface area contributed by atoms with Crippen molar-refractivity contribution >= 4 is 52.7 Å². The molecule has 0 aliphatic heterocycles. The van der Waals surface area contributed by atoms with Gasteiger partial charge in [0.25, 0.3) is 0 Å². The fraction of sp³-hybridized carbons (Fsp3) is 0. The summed E-state index contributed by atoms with van der Waals surface area (Å²) < 4.78 is 2.28. The van der Waals surface area contributed by atoms with E-state index in [2.05, 4.69) is 9.97 Å². The Balaban J connectivity index is 1.98. The molecule has 0 aliphatic carbocycles. The summed E-state index contributed by atoms with van der Waals surface area (Å²) in [5.74, 6) is 0. The predicted molar refractivity (Wildman–Crippen MR) is 106 cm³/mol. The van der Waals surface area contributed by atoms with Crippen LogP contribution in [0.3, 0.4) is 0 Å². The Bertz CT molecular complexity index is 1160. The Morgan fingerprint density at radius 3 is 2.48 bits per heavy atom. The van der Waals surface area contributed by atoms with Gasteiger partial charge in [-0.25, -0.2) is 4.98 Å². The minimum atomic E-state index is 0.452. The Kier molecular flexibility index (Phi) is 4.29. The second-order valence-corrected chi connectivity index (χ2v) is 7.04. The van der Waals surface area contributed by atoms with Gasteiger partial charge in [-0.05, 0) is 30.4 Å². The quantitative estimate of drug-likeness (QED) is 0.376. The molecule has 0 saturated heterocycles. The third kappa shape index (κ3) is 2.96. The molecule has 1 N–H and O–H groups in total. The molecule has 0 fully saturated rings. The van der Waals surface area contributed by atoms with Gasteiger partial charge in [-0.2, -0.15) is 0 Å². The van der Waals surface area contributed by atoms with Crippen LogP contribution in [0.1, 0.15) is 0 Å². The van der Waals surface area contributed by atoms with Gasteiger partial charge in [0.15, 0.2) is 0 Å². The van der Waals surface area contributed by atoms with Gasteiger partial charge in [0.2, 0.25) is 4.77 Å². The van der Waals surface area contributed by atoms with Crippen LogP contribution in [-0.4, -0.2) is 14.4 Å². The van der Waals surface area contributed by atoms with Gasteiger partial charge in [0.1, 0.15) is 5.65 Å². The number of halogens is 3. The summed E-state index contributed by atoms with van der Waals surface area (Å²) in [5, 5.41) is 1.65. The molecule has 25 heavy (non-hydrogen) atoms. The second kappa shape index (κ2) is 6.46. The highest BCUT2D eigenvalue weighted by Gasteiger charge is 2.13. The SMILES string of the molecule is S=c1ncc(-c2ccccc2Cl)c2[nH]c(-c3ccc(Cl)c(Cl)c3)cn12. The van der Waals surface area contributed by atoms with Crippen LogP contribution >= 0.6 is 47.0 Å². The standard InChI is InChI=1S/C18H10Cl3N3S/c19-13-4-2-1-3-11(13)12-8-22-18(25)24-9-16(23-17(12)24)10-5-6-14(20)15(21)7-10/h1-9,23H. The van der Waals surface area contributed by atoms with Crippen molar-refractivity contribution in [1.82, 2.24) is 14.4 Å². The summed E-state index contributed by atoms with van der Waals surface area (Å²) in [5.41, 5.74) is 4.31. The van der Waals surface area contributed by atoms with Gasteiger partial charge in [-0.1, -0.05) is 59.1 Å². The lowest BCUT2D eigenvalue weighted by Gasteiger charge is -2.05. The molecule has 0 unspecified atom stereocenters. The Hall–Kier alpha value is -1.85. The van der Waals surface area contributed by atoms with Crippen LogP contribution in [-0.2, 0) is 0 Å². The molecular formula is C18H10Cl3N3S. The molecule has 0 amide bonds. The Morgan fingerprint density at radius 2 is 1.72 bits per heavy atom. The fourth-order valence-electron chi connectivity index (χ4n) is 2.69. The first-order valence-electron chi connectivity index (χ1n) is 7.35. The van der Waals surface area contributed by atoms with Crippen LogP contribution in [0.25, 0.3) is 28.0 Å². The van der Waals surface area contributed by atoms with Gasteiger partial charge in [0, 0.05) is 34.1 Å². The summed E-state index contributed by atoms with van der Waals surface area (Å²) in [6.45, 7) is 0. The maximum Gasteiger partial charge on any atom is 0.205 e. The number of aromatic amines is 1. The van der Waals surface area contributed by atoms with Crippen molar-refractivity contribution in [3.63, 3.8) is 0 Å². The molecular weight excluding hydrogens is 397 g/mol. The van der Waals surface area contributed by atoms with E-state index in [4.69, 9.17) is 47.0 Å². The molecule has 0 bridgehead atoms. The molecule has 3 nitrogen and oxygen atoms in total. The summed E-state index contributed by atoms with van der Waals surface area (Å²) >= 11 is 23.9. The van der Waals surface area contributed by atoms with Gasteiger partial charge in [-0.3, -0.25) is 4.40 Å². The smallest absolute Gasteiger partial charge is 0.205 e. The molecule has 124 valence electrons. The van der Waals surface area contributed by atoms with Crippen molar-refractivity contribution in [1.29, 1.82) is 0 Å². The maximum absolute atomic E-state index is 6.35. The van der Waals surface area contributed by atoms with E-state index in [1.807, 2.05) is 40.9 Å². The molecule has 0 spiro atoms. The maximum atomic E-state index is 6.35. The molecule has 0 atom stereocenters. The lowest BCUT2D eigenvalue weighted by atomic mass is 10.1. The molecule has 0 radical (unpaired) electrons. The van der Waals surface area contributed by atoms with E-state index in [0.29, 0.717) is 19.8 Å². The zero-order valence-corrected chi connectivity index (χ0v) is 15.7. The molecule has 4 aromatic rings. The zero-order valence-electron chi connectivity index (χ0n) is 12.6. The summed E-state index contributed by atoms with van der Waals surface area (Å²) in [6.07, 6.45) is 3.62. The normalized spacial score (nSPS) is 11.2. The van der Waals surface area contributed by atoms with Gasteiger partial charge in [-0.15, -0.1) is 0 Å². The highest BCUT2D eigenvalue weighted by Crippen LogP contribution is 2.33. The van der Waals surface area contributed by atoms with E-state index in [1.165, 1.54) is 0 Å². The topological polar surface area (TPSA) is 33.1 Å². The van der Waals surface area contributed by atoms with Crippen molar-refractivity contribution in [2.24, 2.45) is 0 Å². The minimum Gasteiger partial charge on any atom is -0.339 e. The summed E-state index contributed by atoms with van der Waals surface area (Å²) in [4.78, 5) is 7.71.